The molecule has 16 heavy (non-hydrogen) atoms. The van der Waals surface area contributed by atoms with Gasteiger partial charge in [-0.2, -0.15) is 0 Å². The predicted molar refractivity (Wildman–Crippen MR) is 69.0 cm³/mol. The van der Waals surface area contributed by atoms with Crippen molar-refractivity contribution in [2.45, 2.75) is 26.2 Å². The first-order valence-electron chi connectivity index (χ1n) is 5.37. The molecule has 0 atom stereocenters. The minimum atomic E-state index is 0.229. The van der Waals surface area contributed by atoms with Crippen LogP contribution in [0.5, 0.6) is 11.5 Å². The molecule has 4 heteroatoms. The second kappa shape index (κ2) is 6.33. The van der Waals surface area contributed by atoms with Gasteiger partial charge in [-0.05, 0) is 37.8 Å². The Bertz CT molecular complexity index is 366. The van der Waals surface area contributed by atoms with Gasteiger partial charge in [0.05, 0.1) is 11.6 Å². The second-order valence-corrected chi connectivity index (χ2v) is 4.04. The third-order valence-electron chi connectivity index (χ3n) is 2.25. The van der Waals surface area contributed by atoms with Gasteiger partial charge in [-0.1, -0.05) is 24.4 Å². The highest BCUT2D eigenvalue weighted by molar-refractivity contribution is 7.80. The molecule has 0 aliphatic carbocycles. The summed E-state index contributed by atoms with van der Waals surface area (Å²) in [6, 6.07) is 5.52. The molecule has 0 saturated heterocycles. The zero-order valence-corrected chi connectivity index (χ0v) is 10.2. The minimum absolute atomic E-state index is 0.229. The molecule has 1 aromatic carbocycles. The van der Waals surface area contributed by atoms with E-state index in [0.29, 0.717) is 23.8 Å². The number of ether oxygens (including phenoxy) is 1. The van der Waals surface area contributed by atoms with Crippen LogP contribution in [-0.4, -0.2) is 16.7 Å². The Balaban J connectivity index is 2.65. The van der Waals surface area contributed by atoms with Crippen molar-refractivity contribution < 1.29 is 9.84 Å². The summed E-state index contributed by atoms with van der Waals surface area (Å²) in [4.78, 5) is 0.514. The number of thiocarbonyl (C=S) groups is 1. The average molecular weight is 239 g/mol. The van der Waals surface area contributed by atoms with E-state index in [1.165, 1.54) is 0 Å². The smallest absolute Gasteiger partial charge is 0.161 e. The van der Waals surface area contributed by atoms with Crippen LogP contribution in [0.15, 0.2) is 18.2 Å². The van der Waals surface area contributed by atoms with Crippen molar-refractivity contribution in [3.63, 3.8) is 0 Å². The molecular weight excluding hydrogens is 222 g/mol. The van der Waals surface area contributed by atoms with E-state index in [1.807, 2.05) is 19.1 Å². The van der Waals surface area contributed by atoms with Crippen molar-refractivity contribution in [3.8, 4) is 11.5 Å². The molecular formula is C12H17NO2S. The van der Waals surface area contributed by atoms with Crippen LogP contribution in [-0.2, 0) is 6.42 Å². The van der Waals surface area contributed by atoms with Crippen LogP contribution < -0.4 is 10.5 Å². The molecule has 0 unspecified atom stereocenters. The summed E-state index contributed by atoms with van der Waals surface area (Å²) in [5, 5.41) is 9.90. The monoisotopic (exact) mass is 239 g/mol. The first kappa shape index (κ1) is 12.8. The number of phenolic OH excluding ortho intramolecular Hbond substituents is 1. The Morgan fingerprint density at radius 1 is 1.50 bits per heavy atom. The van der Waals surface area contributed by atoms with Crippen LogP contribution >= 0.6 is 12.2 Å². The van der Waals surface area contributed by atoms with Crippen molar-refractivity contribution in [1.82, 2.24) is 0 Å². The molecule has 0 heterocycles. The number of benzene rings is 1. The predicted octanol–water partition coefficient (Wildman–Crippen LogP) is 2.40. The van der Waals surface area contributed by atoms with Crippen LogP contribution in [0.2, 0.25) is 0 Å². The highest BCUT2D eigenvalue weighted by atomic mass is 32.1. The molecule has 88 valence electrons. The van der Waals surface area contributed by atoms with Crippen LogP contribution in [0.1, 0.15) is 25.3 Å². The normalized spacial score (nSPS) is 10.1. The molecule has 1 aromatic rings. The van der Waals surface area contributed by atoms with Gasteiger partial charge in [0.2, 0.25) is 0 Å². The summed E-state index contributed by atoms with van der Waals surface area (Å²) in [7, 11) is 0. The van der Waals surface area contributed by atoms with E-state index in [0.717, 1.165) is 18.4 Å². The summed E-state index contributed by atoms with van der Waals surface area (Å²) >= 11 is 4.80. The molecule has 0 aliphatic heterocycles. The SMILES string of the molecule is CCOc1cccc(CCCC(N)=S)c1O. The molecule has 0 aromatic heterocycles. The van der Waals surface area contributed by atoms with Crippen molar-refractivity contribution >= 4 is 17.2 Å². The Hall–Kier alpha value is -1.29. The molecule has 0 bridgehead atoms. The van der Waals surface area contributed by atoms with Gasteiger partial charge in [0.15, 0.2) is 11.5 Å². The zero-order chi connectivity index (χ0) is 12.0. The topological polar surface area (TPSA) is 55.5 Å². The number of aryl methyl sites for hydroxylation is 1. The van der Waals surface area contributed by atoms with E-state index in [9.17, 15) is 5.11 Å². The molecule has 0 aliphatic rings. The van der Waals surface area contributed by atoms with Crippen molar-refractivity contribution in [2.75, 3.05) is 6.61 Å². The fourth-order valence-electron chi connectivity index (χ4n) is 1.49. The zero-order valence-electron chi connectivity index (χ0n) is 9.40. The largest absolute Gasteiger partial charge is 0.504 e. The van der Waals surface area contributed by atoms with E-state index < -0.39 is 0 Å². The number of para-hydroxylation sites is 1. The molecule has 3 nitrogen and oxygen atoms in total. The molecule has 3 N–H and O–H groups in total. The summed E-state index contributed by atoms with van der Waals surface area (Å²) in [5.41, 5.74) is 6.29. The summed E-state index contributed by atoms with van der Waals surface area (Å²) in [6.07, 6.45) is 2.30. The molecule has 0 radical (unpaired) electrons. The number of hydrogen-bond donors (Lipinski definition) is 2. The van der Waals surface area contributed by atoms with E-state index >= 15 is 0 Å². The van der Waals surface area contributed by atoms with E-state index in [2.05, 4.69) is 0 Å². The number of nitrogens with two attached hydrogens (primary N) is 1. The molecule has 0 spiro atoms. The third-order valence-corrected chi connectivity index (χ3v) is 2.46. The maximum atomic E-state index is 9.90. The van der Waals surface area contributed by atoms with E-state index in [4.69, 9.17) is 22.7 Å². The lowest BCUT2D eigenvalue weighted by Crippen LogP contribution is -2.07. The van der Waals surface area contributed by atoms with Gasteiger partial charge in [0, 0.05) is 0 Å². The van der Waals surface area contributed by atoms with Gasteiger partial charge < -0.3 is 15.6 Å². The molecule has 1 rings (SSSR count). The minimum Gasteiger partial charge on any atom is -0.504 e. The second-order valence-electron chi connectivity index (χ2n) is 3.52. The first-order valence-corrected chi connectivity index (χ1v) is 5.78. The van der Waals surface area contributed by atoms with Crippen molar-refractivity contribution in [1.29, 1.82) is 0 Å². The lowest BCUT2D eigenvalue weighted by atomic mass is 10.1. The molecule has 0 saturated carbocycles. The van der Waals surface area contributed by atoms with E-state index in [1.54, 1.807) is 6.07 Å². The maximum absolute atomic E-state index is 9.90. The number of aromatic hydroxyl groups is 1. The highest BCUT2D eigenvalue weighted by Gasteiger charge is 2.07. The summed E-state index contributed by atoms with van der Waals surface area (Å²) in [5.74, 6) is 0.766. The Labute approximate surface area is 101 Å². The van der Waals surface area contributed by atoms with Crippen LogP contribution in [0.4, 0.5) is 0 Å². The standard InChI is InChI=1S/C12H17NO2S/c1-2-15-10-7-3-5-9(12(10)14)6-4-8-11(13)16/h3,5,7,14H,2,4,6,8H2,1H3,(H2,13,16). The van der Waals surface area contributed by atoms with Gasteiger partial charge in [-0.3, -0.25) is 0 Å². The highest BCUT2D eigenvalue weighted by Crippen LogP contribution is 2.30. The lowest BCUT2D eigenvalue weighted by Gasteiger charge is -2.09. The van der Waals surface area contributed by atoms with Gasteiger partial charge in [-0.15, -0.1) is 0 Å². The average Bonchev–Trinajstić information content (AvgIpc) is 2.23. The van der Waals surface area contributed by atoms with Crippen molar-refractivity contribution in [2.24, 2.45) is 5.73 Å². The third kappa shape index (κ3) is 3.70. The fraction of sp³-hybridized carbons (Fsp3) is 0.417. The molecule has 0 fully saturated rings. The number of phenols is 1. The van der Waals surface area contributed by atoms with Crippen LogP contribution in [0.3, 0.4) is 0 Å². The Kier molecular flexibility index (Phi) is 5.05. The van der Waals surface area contributed by atoms with Crippen LogP contribution in [0, 0.1) is 0 Å². The number of hydrogen-bond acceptors (Lipinski definition) is 3. The van der Waals surface area contributed by atoms with Crippen LogP contribution in [0.25, 0.3) is 0 Å². The van der Waals surface area contributed by atoms with Crippen molar-refractivity contribution in [3.05, 3.63) is 23.8 Å². The van der Waals surface area contributed by atoms with Gasteiger partial charge in [0.1, 0.15) is 0 Å². The van der Waals surface area contributed by atoms with Gasteiger partial charge in [0.25, 0.3) is 0 Å². The molecule has 0 amide bonds. The van der Waals surface area contributed by atoms with Gasteiger partial charge >= 0.3 is 0 Å². The number of rotatable bonds is 6. The van der Waals surface area contributed by atoms with Gasteiger partial charge in [-0.25, -0.2) is 0 Å². The fourth-order valence-corrected chi connectivity index (χ4v) is 1.64. The summed E-state index contributed by atoms with van der Waals surface area (Å²) < 4.78 is 5.30. The first-order chi connectivity index (χ1) is 7.65. The lowest BCUT2D eigenvalue weighted by molar-refractivity contribution is 0.316. The Morgan fingerprint density at radius 2 is 2.25 bits per heavy atom. The maximum Gasteiger partial charge on any atom is 0.161 e. The summed E-state index contributed by atoms with van der Waals surface area (Å²) in [6.45, 7) is 2.43. The van der Waals surface area contributed by atoms with E-state index in [-0.39, 0.29) is 5.75 Å². The quantitative estimate of drug-likeness (QED) is 0.748. The Morgan fingerprint density at radius 3 is 2.88 bits per heavy atom.